The standard InChI is InChI=1S/C17H20Cl2N2/c1-21(2)17(14-6-4-3-5-7-14)12-20-11-13-8-15(18)10-16(19)9-13/h3-10,17,20H,11-12H2,1-2H3. The summed E-state index contributed by atoms with van der Waals surface area (Å²) in [5.41, 5.74) is 2.40. The molecule has 0 saturated heterocycles. The third-order valence-electron chi connectivity index (χ3n) is 3.40. The van der Waals surface area contributed by atoms with Crippen molar-refractivity contribution in [3.8, 4) is 0 Å². The smallest absolute Gasteiger partial charge is 0.0466 e. The van der Waals surface area contributed by atoms with Gasteiger partial charge in [-0.05, 0) is 43.4 Å². The molecule has 0 aliphatic heterocycles. The quantitative estimate of drug-likeness (QED) is 0.848. The first kappa shape index (κ1) is 16.3. The number of likely N-dealkylation sites (N-methyl/N-ethyl adjacent to an activating group) is 1. The van der Waals surface area contributed by atoms with Gasteiger partial charge in [-0.2, -0.15) is 0 Å². The fraction of sp³-hybridized carbons (Fsp3) is 0.294. The largest absolute Gasteiger partial charge is 0.311 e. The molecule has 0 bridgehead atoms. The maximum Gasteiger partial charge on any atom is 0.0466 e. The molecule has 2 nitrogen and oxygen atoms in total. The van der Waals surface area contributed by atoms with Crippen LogP contribution in [0.15, 0.2) is 48.5 Å². The van der Waals surface area contributed by atoms with Gasteiger partial charge in [0, 0.05) is 29.2 Å². The Hall–Kier alpha value is -1.06. The van der Waals surface area contributed by atoms with Crippen molar-refractivity contribution in [1.29, 1.82) is 0 Å². The molecule has 21 heavy (non-hydrogen) atoms. The molecular formula is C17H20Cl2N2. The summed E-state index contributed by atoms with van der Waals surface area (Å²) in [5.74, 6) is 0. The monoisotopic (exact) mass is 322 g/mol. The van der Waals surface area contributed by atoms with Crippen LogP contribution in [0.4, 0.5) is 0 Å². The van der Waals surface area contributed by atoms with Crippen LogP contribution in [-0.4, -0.2) is 25.5 Å². The van der Waals surface area contributed by atoms with Crippen molar-refractivity contribution in [2.75, 3.05) is 20.6 Å². The molecule has 0 aliphatic carbocycles. The highest BCUT2D eigenvalue weighted by molar-refractivity contribution is 6.34. The molecule has 0 heterocycles. The molecular weight excluding hydrogens is 303 g/mol. The lowest BCUT2D eigenvalue weighted by Crippen LogP contribution is -2.30. The van der Waals surface area contributed by atoms with Crippen LogP contribution >= 0.6 is 23.2 Å². The summed E-state index contributed by atoms with van der Waals surface area (Å²) in [6.07, 6.45) is 0. The zero-order valence-corrected chi connectivity index (χ0v) is 13.8. The fourth-order valence-corrected chi connectivity index (χ4v) is 2.91. The van der Waals surface area contributed by atoms with E-state index in [1.807, 2.05) is 18.2 Å². The maximum absolute atomic E-state index is 6.02. The van der Waals surface area contributed by atoms with Crippen LogP contribution in [0.1, 0.15) is 17.2 Å². The Morgan fingerprint density at radius 2 is 1.62 bits per heavy atom. The van der Waals surface area contributed by atoms with Gasteiger partial charge in [-0.25, -0.2) is 0 Å². The predicted molar refractivity (Wildman–Crippen MR) is 91.0 cm³/mol. The number of nitrogens with one attached hydrogen (secondary N) is 1. The summed E-state index contributed by atoms with van der Waals surface area (Å²) in [5, 5.41) is 4.82. The number of halogens is 2. The van der Waals surface area contributed by atoms with E-state index in [9.17, 15) is 0 Å². The van der Waals surface area contributed by atoms with Crippen LogP contribution in [0.3, 0.4) is 0 Å². The predicted octanol–water partition coefficient (Wildman–Crippen LogP) is 4.39. The van der Waals surface area contributed by atoms with Crippen molar-refractivity contribution in [3.63, 3.8) is 0 Å². The van der Waals surface area contributed by atoms with Gasteiger partial charge in [0.1, 0.15) is 0 Å². The van der Waals surface area contributed by atoms with Gasteiger partial charge in [0.2, 0.25) is 0 Å². The summed E-state index contributed by atoms with van der Waals surface area (Å²) in [6.45, 7) is 1.61. The summed E-state index contributed by atoms with van der Waals surface area (Å²) in [4.78, 5) is 2.22. The molecule has 0 aromatic heterocycles. The molecule has 0 aliphatic rings. The zero-order chi connectivity index (χ0) is 15.2. The summed E-state index contributed by atoms with van der Waals surface area (Å²) in [6, 6.07) is 16.5. The van der Waals surface area contributed by atoms with Gasteiger partial charge in [-0.3, -0.25) is 0 Å². The molecule has 1 unspecified atom stereocenters. The maximum atomic E-state index is 6.02. The van der Waals surface area contributed by atoms with E-state index in [-0.39, 0.29) is 0 Å². The molecule has 4 heteroatoms. The topological polar surface area (TPSA) is 15.3 Å². The molecule has 0 fully saturated rings. The summed E-state index contributed by atoms with van der Waals surface area (Å²) in [7, 11) is 4.19. The Kier molecular flexibility index (Phi) is 6.07. The minimum Gasteiger partial charge on any atom is -0.311 e. The lowest BCUT2D eigenvalue weighted by atomic mass is 10.1. The Labute approximate surface area is 136 Å². The van der Waals surface area contributed by atoms with Crippen LogP contribution in [-0.2, 0) is 6.54 Å². The second-order valence-electron chi connectivity index (χ2n) is 5.30. The Morgan fingerprint density at radius 3 is 2.19 bits per heavy atom. The van der Waals surface area contributed by atoms with E-state index in [0.717, 1.165) is 18.7 Å². The highest BCUT2D eigenvalue weighted by atomic mass is 35.5. The van der Waals surface area contributed by atoms with Crippen LogP contribution in [0.5, 0.6) is 0 Å². The number of nitrogens with zero attached hydrogens (tertiary/aromatic N) is 1. The first-order valence-corrected chi connectivity index (χ1v) is 7.69. The minimum absolute atomic E-state index is 0.334. The fourth-order valence-electron chi connectivity index (χ4n) is 2.34. The number of hydrogen-bond acceptors (Lipinski definition) is 2. The molecule has 112 valence electrons. The lowest BCUT2D eigenvalue weighted by Gasteiger charge is -2.25. The summed E-state index contributed by atoms with van der Waals surface area (Å²) >= 11 is 12.0. The molecule has 2 rings (SSSR count). The van der Waals surface area contributed by atoms with Crippen LogP contribution < -0.4 is 5.32 Å². The first-order chi connectivity index (χ1) is 10.1. The Morgan fingerprint density at radius 1 is 1.00 bits per heavy atom. The van der Waals surface area contributed by atoms with Gasteiger partial charge in [0.15, 0.2) is 0 Å². The van der Waals surface area contributed by atoms with E-state index >= 15 is 0 Å². The second kappa shape index (κ2) is 7.81. The molecule has 1 atom stereocenters. The van der Waals surface area contributed by atoms with Gasteiger partial charge in [-0.15, -0.1) is 0 Å². The van der Waals surface area contributed by atoms with E-state index in [4.69, 9.17) is 23.2 Å². The average Bonchev–Trinajstić information content (AvgIpc) is 2.43. The number of rotatable bonds is 6. The van der Waals surface area contributed by atoms with Crippen molar-refractivity contribution >= 4 is 23.2 Å². The van der Waals surface area contributed by atoms with Gasteiger partial charge in [0.05, 0.1) is 0 Å². The SMILES string of the molecule is CN(C)C(CNCc1cc(Cl)cc(Cl)c1)c1ccccc1. The van der Waals surface area contributed by atoms with E-state index in [1.165, 1.54) is 5.56 Å². The molecule has 0 spiro atoms. The Bertz CT molecular complexity index is 550. The van der Waals surface area contributed by atoms with E-state index in [1.54, 1.807) is 6.07 Å². The second-order valence-corrected chi connectivity index (χ2v) is 6.17. The van der Waals surface area contributed by atoms with Crippen molar-refractivity contribution in [2.45, 2.75) is 12.6 Å². The molecule has 0 amide bonds. The molecule has 1 N–H and O–H groups in total. The van der Waals surface area contributed by atoms with E-state index in [0.29, 0.717) is 16.1 Å². The van der Waals surface area contributed by atoms with E-state index < -0.39 is 0 Å². The molecule has 0 saturated carbocycles. The summed E-state index contributed by atoms with van der Waals surface area (Å²) < 4.78 is 0. The number of benzene rings is 2. The first-order valence-electron chi connectivity index (χ1n) is 6.93. The third kappa shape index (κ3) is 5.01. The van der Waals surface area contributed by atoms with Gasteiger partial charge in [-0.1, -0.05) is 53.5 Å². The van der Waals surface area contributed by atoms with Gasteiger partial charge in [0.25, 0.3) is 0 Å². The van der Waals surface area contributed by atoms with Crippen molar-refractivity contribution in [2.24, 2.45) is 0 Å². The lowest BCUT2D eigenvalue weighted by molar-refractivity contribution is 0.288. The molecule has 0 radical (unpaired) electrons. The minimum atomic E-state index is 0.334. The van der Waals surface area contributed by atoms with Crippen LogP contribution in [0.2, 0.25) is 10.0 Å². The highest BCUT2D eigenvalue weighted by Gasteiger charge is 2.13. The Balaban J connectivity index is 1.97. The van der Waals surface area contributed by atoms with Crippen molar-refractivity contribution in [1.82, 2.24) is 10.2 Å². The van der Waals surface area contributed by atoms with Crippen LogP contribution in [0.25, 0.3) is 0 Å². The molecule has 2 aromatic carbocycles. The normalized spacial score (nSPS) is 12.6. The third-order valence-corrected chi connectivity index (χ3v) is 3.83. The van der Waals surface area contributed by atoms with Crippen LogP contribution in [0, 0.1) is 0 Å². The number of hydrogen-bond donors (Lipinski definition) is 1. The van der Waals surface area contributed by atoms with Gasteiger partial charge >= 0.3 is 0 Å². The van der Waals surface area contributed by atoms with Gasteiger partial charge < -0.3 is 10.2 Å². The zero-order valence-electron chi connectivity index (χ0n) is 12.3. The highest BCUT2D eigenvalue weighted by Crippen LogP contribution is 2.20. The average molecular weight is 323 g/mol. The molecule has 2 aromatic rings. The van der Waals surface area contributed by atoms with Crippen molar-refractivity contribution in [3.05, 3.63) is 69.7 Å². The van der Waals surface area contributed by atoms with Crippen molar-refractivity contribution < 1.29 is 0 Å². The van der Waals surface area contributed by atoms with E-state index in [2.05, 4.69) is 48.6 Å².